The van der Waals surface area contributed by atoms with Crippen molar-refractivity contribution < 1.29 is 4.74 Å². The van der Waals surface area contributed by atoms with E-state index < -0.39 is 0 Å². The molecule has 0 aromatic heterocycles. The van der Waals surface area contributed by atoms with E-state index in [1.165, 1.54) is 25.7 Å². The highest BCUT2D eigenvalue weighted by molar-refractivity contribution is 4.86. The van der Waals surface area contributed by atoms with Gasteiger partial charge in [0.2, 0.25) is 0 Å². The van der Waals surface area contributed by atoms with Crippen LogP contribution in [-0.2, 0) is 4.74 Å². The summed E-state index contributed by atoms with van der Waals surface area (Å²) in [5.74, 6) is 0. The second-order valence-electron chi connectivity index (χ2n) is 5.04. The number of rotatable bonds is 5. The van der Waals surface area contributed by atoms with Gasteiger partial charge >= 0.3 is 0 Å². The summed E-state index contributed by atoms with van der Waals surface area (Å²) in [6.45, 7) is 5.32. The van der Waals surface area contributed by atoms with Gasteiger partial charge in [-0.3, -0.25) is 4.90 Å². The maximum atomic E-state index is 5.35. The molecular formula is C12H24N2O. The minimum atomic E-state index is 0.667. The van der Waals surface area contributed by atoms with E-state index >= 15 is 0 Å². The smallest absolute Gasteiger partial charge is 0.0480 e. The molecule has 1 N–H and O–H groups in total. The molecule has 1 saturated carbocycles. The monoisotopic (exact) mass is 212 g/mol. The summed E-state index contributed by atoms with van der Waals surface area (Å²) in [6, 6.07) is 2.23. The van der Waals surface area contributed by atoms with Gasteiger partial charge in [0.25, 0.3) is 0 Å². The fraction of sp³-hybridized carbons (Fsp3) is 1.00. The topological polar surface area (TPSA) is 24.5 Å². The van der Waals surface area contributed by atoms with Crippen LogP contribution in [0.5, 0.6) is 0 Å². The highest BCUT2D eigenvalue weighted by atomic mass is 16.5. The lowest BCUT2D eigenvalue weighted by molar-refractivity contribution is 0.0758. The Morgan fingerprint density at radius 1 is 1.27 bits per heavy atom. The summed E-state index contributed by atoms with van der Waals surface area (Å²) in [5, 5.41) is 3.66. The summed E-state index contributed by atoms with van der Waals surface area (Å²) < 4.78 is 5.35. The predicted octanol–water partition coefficient (Wildman–Crippen LogP) is 1.24. The van der Waals surface area contributed by atoms with E-state index in [1.807, 2.05) is 0 Å². The molecule has 0 aromatic rings. The number of hydrogen-bond acceptors (Lipinski definition) is 3. The van der Waals surface area contributed by atoms with E-state index in [1.54, 1.807) is 0 Å². The first-order valence-electron chi connectivity index (χ1n) is 6.30. The Morgan fingerprint density at radius 3 is 2.53 bits per heavy atom. The molecule has 3 nitrogen and oxygen atoms in total. The molecule has 15 heavy (non-hydrogen) atoms. The normalized spacial score (nSPS) is 25.8. The molecule has 0 aromatic carbocycles. The quantitative estimate of drug-likeness (QED) is 0.742. The third kappa shape index (κ3) is 3.44. The Labute approximate surface area is 93.2 Å². The van der Waals surface area contributed by atoms with Crippen LogP contribution >= 0.6 is 0 Å². The minimum absolute atomic E-state index is 0.667. The van der Waals surface area contributed by atoms with E-state index in [0.717, 1.165) is 25.8 Å². The lowest BCUT2D eigenvalue weighted by atomic mass is 10.1. The van der Waals surface area contributed by atoms with Gasteiger partial charge in [-0.1, -0.05) is 0 Å². The number of nitrogens with one attached hydrogen (secondary N) is 1. The molecule has 1 saturated heterocycles. The second kappa shape index (κ2) is 5.28. The van der Waals surface area contributed by atoms with E-state index in [4.69, 9.17) is 4.74 Å². The fourth-order valence-corrected chi connectivity index (χ4v) is 2.22. The molecule has 2 fully saturated rings. The van der Waals surface area contributed by atoms with Crippen LogP contribution in [0.1, 0.15) is 32.6 Å². The lowest BCUT2D eigenvalue weighted by Gasteiger charge is -2.29. The molecule has 0 bridgehead atoms. The number of ether oxygens (including phenoxy) is 1. The number of likely N-dealkylation sites (N-methyl/N-ethyl adjacent to an activating group) is 1. The molecule has 0 spiro atoms. The van der Waals surface area contributed by atoms with Crippen molar-refractivity contribution in [2.75, 3.05) is 26.8 Å². The number of nitrogens with zero attached hydrogens (tertiary/aromatic N) is 1. The third-order valence-electron chi connectivity index (χ3n) is 3.74. The first-order valence-corrected chi connectivity index (χ1v) is 6.30. The first kappa shape index (κ1) is 11.4. The molecule has 0 radical (unpaired) electrons. The van der Waals surface area contributed by atoms with Crippen LogP contribution < -0.4 is 5.32 Å². The predicted molar refractivity (Wildman–Crippen MR) is 62.1 cm³/mol. The molecule has 3 heteroatoms. The summed E-state index contributed by atoms with van der Waals surface area (Å²) in [5.41, 5.74) is 0. The Balaban J connectivity index is 1.62. The van der Waals surface area contributed by atoms with Crippen LogP contribution in [0.15, 0.2) is 0 Å². The standard InChI is InChI=1S/C12H24N2O/c1-10(14(2)12-3-4-12)9-13-11-5-7-15-8-6-11/h10-13H,3-9H2,1-2H3. The Morgan fingerprint density at radius 2 is 1.93 bits per heavy atom. The van der Waals surface area contributed by atoms with Crippen molar-refractivity contribution in [3.63, 3.8) is 0 Å². The average molecular weight is 212 g/mol. The Hall–Kier alpha value is -0.120. The van der Waals surface area contributed by atoms with Crippen LogP contribution in [0.3, 0.4) is 0 Å². The zero-order valence-corrected chi connectivity index (χ0v) is 10.0. The average Bonchev–Trinajstić information content (AvgIpc) is 3.10. The van der Waals surface area contributed by atoms with Crippen LogP contribution in [0, 0.1) is 0 Å². The van der Waals surface area contributed by atoms with Crippen molar-refractivity contribution in [1.82, 2.24) is 10.2 Å². The lowest BCUT2D eigenvalue weighted by Crippen LogP contribution is -2.44. The van der Waals surface area contributed by atoms with Crippen molar-refractivity contribution in [2.24, 2.45) is 0 Å². The van der Waals surface area contributed by atoms with Gasteiger partial charge in [0.1, 0.15) is 0 Å². The van der Waals surface area contributed by atoms with E-state index in [9.17, 15) is 0 Å². The van der Waals surface area contributed by atoms with Crippen molar-refractivity contribution in [3.05, 3.63) is 0 Å². The van der Waals surface area contributed by atoms with E-state index in [2.05, 4.69) is 24.2 Å². The first-order chi connectivity index (χ1) is 7.27. The molecule has 0 amide bonds. The number of hydrogen-bond donors (Lipinski definition) is 1. The minimum Gasteiger partial charge on any atom is -0.381 e. The second-order valence-corrected chi connectivity index (χ2v) is 5.04. The van der Waals surface area contributed by atoms with Gasteiger partial charge in [-0.25, -0.2) is 0 Å². The molecular weight excluding hydrogens is 188 g/mol. The van der Waals surface area contributed by atoms with Gasteiger partial charge < -0.3 is 10.1 Å². The SMILES string of the molecule is CC(CNC1CCOCC1)N(C)C1CC1. The van der Waals surface area contributed by atoms with Gasteiger partial charge in [-0.05, 0) is 39.7 Å². The van der Waals surface area contributed by atoms with E-state index in [0.29, 0.717) is 12.1 Å². The van der Waals surface area contributed by atoms with Crippen molar-refractivity contribution in [2.45, 2.75) is 50.7 Å². The maximum Gasteiger partial charge on any atom is 0.0480 e. The fourth-order valence-electron chi connectivity index (χ4n) is 2.22. The van der Waals surface area contributed by atoms with E-state index in [-0.39, 0.29) is 0 Å². The highest BCUT2D eigenvalue weighted by Crippen LogP contribution is 2.26. The highest BCUT2D eigenvalue weighted by Gasteiger charge is 2.29. The summed E-state index contributed by atoms with van der Waals surface area (Å²) in [4.78, 5) is 2.52. The van der Waals surface area contributed by atoms with Gasteiger partial charge in [0.05, 0.1) is 0 Å². The maximum absolute atomic E-state index is 5.35. The van der Waals surface area contributed by atoms with Gasteiger partial charge in [-0.15, -0.1) is 0 Å². The van der Waals surface area contributed by atoms with Crippen molar-refractivity contribution >= 4 is 0 Å². The molecule has 88 valence electrons. The van der Waals surface area contributed by atoms with Gasteiger partial charge in [0, 0.05) is 37.9 Å². The summed E-state index contributed by atoms with van der Waals surface area (Å²) in [6.07, 6.45) is 5.16. The molecule has 1 aliphatic heterocycles. The molecule has 1 aliphatic carbocycles. The van der Waals surface area contributed by atoms with Gasteiger partial charge in [-0.2, -0.15) is 0 Å². The Kier molecular flexibility index (Phi) is 4.00. The van der Waals surface area contributed by atoms with Crippen LogP contribution in [0.4, 0.5) is 0 Å². The van der Waals surface area contributed by atoms with Crippen molar-refractivity contribution in [1.29, 1.82) is 0 Å². The molecule has 1 unspecified atom stereocenters. The molecule has 1 atom stereocenters. The summed E-state index contributed by atoms with van der Waals surface area (Å²) >= 11 is 0. The Bertz CT molecular complexity index is 188. The van der Waals surface area contributed by atoms with Crippen LogP contribution in [-0.4, -0.2) is 49.8 Å². The zero-order chi connectivity index (χ0) is 10.7. The van der Waals surface area contributed by atoms with Crippen molar-refractivity contribution in [3.8, 4) is 0 Å². The largest absolute Gasteiger partial charge is 0.381 e. The van der Waals surface area contributed by atoms with Gasteiger partial charge in [0.15, 0.2) is 0 Å². The zero-order valence-electron chi connectivity index (χ0n) is 10.0. The molecule has 2 rings (SSSR count). The molecule has 2 aliphatic rings. The molecule has 1 heterocycles. The van der Waals surface area contributed by atoms with Crippen LogP contribution in [0.25, 0.3) is 0 Å². The third-order valence-corrected chi connectivity index (χ3v) is 3.74. The summed E-state index contributed by atoms with van der Waals surface area (Å²) in [7, 11) is 2.26. The van der Waals surface area contributed by atoms with Crippen LogP contribution in [0.2, 0.25) is 0 Å².